The third kappa shape index (κ3) is 5.56. The lowest BCUT2D eigenvalue weighted by Gasteiger charge is -2.24. The molecule has 0 spiro atoms. The zero-order chi connectivity index (χ0) is 29.1. The predicted octanol–water partition coefficient (Wildman–Crippen LogP) is 1.29. The first-order chi connectivity index (χ1) is 19.4. The fourth-order valence-corrected chi connectivity index (χ4v) is 7.00. The Morgan fingerprint density at radius 1 is 1.22 bits per heavy atom. The summed E-state index contributed by atoms with van der Waals surface area (Å²) < 4.78 is 59.8. The lowest BCUT2D eigenvalue weighted by molar-refractivity contribution is -0.0453. The fourth-order valence-electron chi connectivity index (χ4n) is 4.51. The highest BCUT2D eigenvalue weighted by molar-refractivity contribution is 8.44. The lowest BCUT2D eigenvalue weighted by atomic mass is 10.1. The van der Waals surface area contributed by atoms with Gasteiger partial charge in [-0.1, -0.05) is 12.2 Å². The number of rotatable bonds is 1. The number of imidazole rings is 2. The second-order valence-corrected chi connectivity index (χ2v) is 14.7. The van der Waals surface area contributed by atoms with Gasteiger partial charge in [0.05, 0.1) is 19.5 Å². The molecule has 0 aliphatic carbocycles. The molecule has 17 nitrogen and oxygen atoms in total. The van der Waals surface area contributed by atoms with Crippen molar-refractivity contribution < 1.29 is 36.7 Å². The van der Waals surface area contributed by atoms with E-state index in [1.807, 2.05) is 0 Å². The number of nitrogens with zero attached hydrogens (tertiary/aromatic N) is 7. The molecule has 4 N–H and O–H groups in total. The van der Waals surface area contributed by atoms with E-state index in [2.05, 4.69) is 42.2 Å². The van der Waals surface area contributed by atoms with E-state index in [-0.39, 0.29) is 47.3 Å². The summed E-state index contributed by atoms with van der Waals surface area (Å²) in [6.07, 6.45) is -3.90. The van der Waals surface area contributed by atoms with Gasteiger partial charge in [0.1, 0.15) is 36.8 Å². The molecule has 6 atom stereocenters. The van der Waals surface area contributed by atoms with Crippen molar-refractivity contribution in [1.82, 2.24) is 39.0 Å². The fraction of sp³-hybridized carbons (Fsp3) is 0.474. The molecule has 0 aromatic carbocycles. The molecule has 2 bridgehead atoms. The standard InChI is InChI=1S/C19H22FN9O8P2S2/c1-8-25-17-13(18(30)26-8)24-7-29(17)19-14-11(20)9(36-19)4-34-38(31,40)33-3-2-28-10(5-35-39(32,41)37-14)27-12-15(21)22-6-23-16(12)28/h6-7,9,11,14,19H,2-5H2,1H3,(H,31,40)(H,32,41)(H2,21,22,23)(H,25,26,30)/t9-,11+,14-,19-,38?,39?/m1/s1. The van der Waals surface area contributed by atoms with Gasteiger partial charge in [-0.15, -0.1) is 0 Å². The van der Waals surface area contributed by atoms with Crippen molar-refractivity contribution in [3.63, 3.8) is 0 Å². The molecule has 2 aliphatic rings. The van der Waals surface area contributed by atoms with Crippen molar-refractivity contribution in [2.75, 3.05) is 18.9 Å². The summed E-state index contributed by atoms with van der Waals surface area (Å²) in [4.78, 5) is 46.3. The van der Waals surface area contributed by atoms with Gasteiger partial charge < -0.3 is 34.0 Å². The average molecular weight is 650 g/mol. The number of anilines is 1. The summed E-state index contributed by atoms with van der Waals surface area (Å²) in [6.45, 7) is -7.73. The summed E-state index contributed by atoms with van der Waals surface area (Å²) in [5.41, 5.74) is 5.98. The van der Waals surface area contributed by atoms with Crippen molar-refractivity contribution in [3.05, 3.63) is 34.7 Å². The van der Waals surface area contributed by atoms with Crippen LogP contribution in [-0.4, -0.2) is 75.5 Å². The Morgan fingerprint density at radius 3 is 2.83 bits per heavy atom. The molecule has 4 aromatic heterocycles. The third-order valence-corrected chi connectivity index (χ3v) is 9.52. The van der Waals surface area contributed by atoms with Crippen LogP contribution >= 0.6 is 25.8 Å². The minimum Gasteiger partial charge on any atom is -0.382 e. The topological polar surface area (TPSA) is 217 Å². The van der Waals surface area contributed by atoms with Crippen LogP contribution in [0.3, 0.4) is 0 Å². The first-order valence-electron chi connectivity index (χ1n) is 11.9. The monoisotopic (exact) mass is 649 g/mol. The normalized spacial score (nSPS) is 31.6. The van der Waals surface area contributed by atoms with E-state index in [1.54, 1.807) is 6.92 Å². The molecule has 0 amide bonds. The van der Waals surface area contributed by atoms with Crippen LogP contribution in [0.1, 0.15) is 17.9 Å². The molecule has 6 heterocycles. The Bertz CT molecular complexity index is 1800. The maximum atomic E-state index is 15.8. The van der Waals surface area contributed by atoms with E-state index in [0.717, 1.165) is 0 Å². The van der Waals surface area contributed by atoms with Crippen LogP contribution in [0.25, 0.3) is 22.3 Å². The minimum atomic E-state index is -4.32. The van der Waals surface area contributed by atoms with Gasteiger partial charge in [0.2, 0.25) is 0 Å². The van der Waals surface area contributed by atoms with Gasteiger partial charge in [-0.25, -0.2) is 33.9 Å². The second kappa shape index (κ2) is 10.7. The van der Waals surface area contributed by atoms with Gasteiger partial charge in [-0.05, 0) is 18.7 Å². The number of nitrogen functional groups attached to an aromatic ring is 1. The minimum absolute atomic E-state index is 0.0407. The first-order valence-corrected chi connectivity index (χ1v) is 17.2. The van der Waals surface area contributed by atoms with E-state index in [9.17, 15) is 14.3 Å². The summed E-state index contributed by atoms with van der Waals surface area (Å²) in [5, 5.41) is 0. The zero-order valence-electron chi connectivity index (χ0n) is 20.9. The van der Waals surface area contributed by atoms with Gasteiger partial charge in [0.25, 0.3) is 5.56 Å². The Balaban J connectivity index is 1.39. The SMILES string of the molecule is Cc1nc2c(ncn2[C@@H]2O[C@@H]3COP(O)(=S)OCCn4c(nc5c(N)ncnc54)COP(=O)(S)O[C@@H]2[C@H]3F)c(=O)[nH]1. The van der Waals surface area contributed by atoms with Crippen LogP contribution in [-0.2, 0) is 52.4 Å². The number of aryl methyl sites for hydroxylation is 1. The Hall–Kier alpha value is -2.38. The van der Waals surface area contributed by atoms with Crippen molar-refractivity contribution >= 4 is 65.7 Å². The number of halogens is 1. The van der Waals surface area contributed by atoms with E-state index in [1.165, 1.54) is 21.8 Å². The summed E-state index contributed by atoms with van der Waals surface area (Å²) in [5.74, 6) is 0.531. The van der Waals surface area contributed by atoms with Gasteiger partial charge in [-0.2, -0.15) is 0 Å². The number of H-pyrrole nitrogens is 1. The number of nitrogens with one attached hydrogen (secondary N) is 1. The number of fused-ring (bicyclic) bond motifs is 6. The predicted molar refractivity (Wildman–Crippen MR) is 146 cm³/mol. The van der Waals surface area contributed by atoms with E-state index in [0.29, 0.717) is 5.65 Å². The maximum Gasteiger partial charge on any atom is 0.387 e. The Morgan fingerprint density at radius 2 is 2.02 bits per heavy atom. The molecule has 22 heteroatoms. The van der Waals surface area contributed by atoms with E-state index < -0.39 is 56.9 Å². The first kappa shape index (κ1) is 28.7. The van der Waals surface area contributed by atoms with Crippen molar-refractivity contribution in [2.24, 2.45) is 0 Å². The molecule has 220 valence electrons. The number of hydrogen-bond donors (Lipinski definition) is 4. The highest BCUT2D eigenvalue weighted by Gasteiger charge is 2.51. The largest absolute Gasteiger partial charge is 0.387 e. The number of hydrogen-bond acceptors (Lipinski definition) is 14. The average Bonchev–Trinajstić information content (AvgIpc) is 3.56. The summed E-state index contributed by atoms with van der Waals surface area (Å²) in [7, 11) is 0. The van der Waals surface area contributed by atoms with Crippen molar-refractivity contribution in [1.29, 1.82) is 0 Å². The summed E-state index contributed by atoms with van der Waals surface area (Å²) in [6, 6.07) is 0. The molecule has 1 fully saturated rings. The van der Waals surface area contributed by atoms with Crippen LogP contribution in [0.5, 0.6) is 0 Å². The van der Waals surface area contributed by atoms with E-state index >= 15 is 4.39 Å². The van der Waals surface area contributed by atoms with Crippen LogP contribution in [0.4, 0.5) is 10.2 Å². The van der Waals surface area contributed by atoms with E-state index in [4.69, 9.17) is 40.4 Å². The number of nitrogens with two attached hydrogens (primary N) is 1. The number of alkyl halides is 1. The third-order valence-electron chi connectivity index (χ3n) is 6.31. The zero-order valence-corrected chi connectivity index (χ0v) is 24.4. The van der Waals surface area contributed by atoms with Crippen LogP contribution in [0.15, 0.2) is 17.4 Å². The summed E-state index contributed by atoms with van der Waals surface area (Å²) >= 11 is 9.16. The van der Waals surface area contributed by atoms with Crippen LogP contribution in [0, 0.1) is 6.92 Å². The van der Waals surface area contributed by atoms with Gasteiger partial charge in [0.15, 0.2) is 40.5 Å². The molecule has 41 heavy (non-hydrogen) atoms. The van der Waals surface area contributed by atoms with Gasteiger partial charge in [0, 0.05) is 6.54 Å². The van der Waals surface area contributed by atoms with Crippen molar-refractivity contribution in [2.45, 2.75) is 44.7 Å². The smallest absolute Gasteiger partial charge is 0.382 e. The molecule has 6 rings (SSSR count). The highest BCUT2D eigenvalue weighted by Crippen LogP contribution is 2.58. The Labute approximate surface area is 239 Å². The number of aromatic nitrogens is 8. The van der Waals surface area contributed by atoms with Crippen LogP contribution in [0.2, 0.25) is 0 Å². The number of aromatic amines is 1. The Kier molecular flexibility index (Phi) is 7.51. The molecule has 1 saturated heterocycles. The lowest BCUT2D eigenvalue weighted by Crippen LogP contribution is -2.32. The molecule has 2 unspecified atom stereocenters. The van der Waals surface area contributed by atoms with Crippen molar-refractivity contribution in [3.8, 4) is 0 Å². The highest BCUT2D eigenvalue weighted by atomic mass is 32.7. The quantitative estimate of drug-likeness (QED) is 0.169. The molecular weight excluding hydrogens is 627 g/mol. The number of thiol groups is 1. The number of ether oxygens (including phenoxy) is 1. The van der Waals surface area contributed by atoms with Gasteiger partial charge >= 0.3 is 13.5 Å². The molecular formula is C19H22FN9O8P2S2. The van der Waals surface area contributed by atoms with Crippen LogP contribution < -0.4 is 11.3 Å². The molecule has 2 aliphatic heterocycles. The second-order valence-electron chi connectivity index (χ2n) is 9.01. The molecule has 4 aromatic rings. The molecule has 0 radical (unpaired) electrons. The maximum absolute atomic E-state index is 15.8. The van der Waals surface area contributed by atoms with Gasteiger partial charge in [-0.3, -0.25) is 18.4 Å². The molecule has 0 saturated carbocycles.